The maximum Gasteiger partial charge on any atom is 0.0530 e. The summed E-state index contributed by atoms with van der Waals surface area (Å²) < 4.78 is 0. The van der Waals surface area contributed by atoms with E-state index < -0.39 is 0 Å². The highest BCUT2D eigenvalue weighted by atomic mass is 14.8. The van der Waals surface area contributed by atoms with Crippen molar-refractivity contribution in [1.29, 1.82) is 0 Å². The minimum Gasteiger partial charge on any atom is -0.403 e. The molecule has 0 fully saturated rings. The van der Waals surface area contributed by atoms with Gasteiger partial charge < -0.3 is 5.73 Å². The summed E-state index contributed by atoms with van der Waals surface area (Å²) in [4.78, 5) is 4.05. The molecular formula is C7H12N2. The van der Waals surface area contributed by atoms with Gasteiger partial charge in [-0.25, -0.2) is 0 Å². The Morgan fingerprint density at radius 2 is 2.11 bits per heavy atom. The number of allylic oxidation sites excluding steroid dienone is 2. The second-order valence-corrected chi connectivity index (χ2v) is 1.77. The molecule has 0 aromatic heterocycles. The minimum absolute atomic E-state index is 0.812. The number of hydrogen-bond acceptors (Lipinski definition) is 2. The molecule has 0 saturated heterocycles. The zero-order valence-electron chi connectivity index (χ0n) is 5.89. The molecule has 2 nitrogen and oxygen atoms in total. The molecule has 0 aliphatic heterocycles. The van der Waals surface area contributed by atoms with Gasteiger partial charge in [-0.3, -0.25) is 4.99 Å². The van der Waals surface area contributed by atoms with Crippen LogP contribution < -0.4 is 5.73 Å². The van der Waals surface area contributed by atoms with Gasteiger partial charge in [0.2, 0.25) is 0 Å². The van der Waals surface area contributed by atoms with E-state index in [0.717, 1.165) is 11.4 Å². The van der Waals surface area contributed by atoms with E-state index in [2.05, 4.69) is 11.6 Å². The molecule has 0 aromatic carbocycles. The van der Waals surface area contributed by atoms with Crippen LogP contribution in [0.1, 0.15) is 13.8 Å². The molecule has 0 heterocycles. The zero-order chi connectivity index (χ0) is 7.28. The Morgan fingerprint density at radius 1 is 1.56 bits per heavy atom. The quantitative estimate of drug-likeness (QED) is 0.556. The van der Waals surface area contributed by atoms with Gasteiger partial charge in [0.25, 0.3) is 0 Å². The van der Waals surface area contributed by atoms with Gasteiger partial charge in [0.1, 0.15) is 0 Å². The smallest absolute Gasteiger partial charge is 0.0530 e. The van der Waals surface area contributed by atoms with E-state index in [4.69, 9.17) is 5.73 Å². The highest BCUT2D eigenvalue weighted by Crippen LogP contribution is 1.91. The van der Waals surface area contributed by atoms with Crippen LogP contribution in [0.2, 0.25) is 0 Å². The third kappa shape index (κ3) is 3.53. The predicted octanol–water partition coefficient (Wildman–Crippen LogP) is 1.45. The molecule has 0 rings (SSSR count). The maximum atomic E-state index is 5.17. The number of nitrogens with zero attached hydrogens (tertiary/aromatic N) is 1. The molecule has 0 radical (unpaired) electrons. The molecule has 0 aromatic rings. The van der Waals surface area contributed by atoms with Crippen molar-refractivity contribution < 1.29 is 0 Å². The Bertz CT molecular complexity index is 154. The molecule has 0 aliphatic rings. The summed E-state index contributed by atoms with van der Waals surface area (Å²) in [6.07, 6.45) is 3.15. The third-order valence-electron chi connectivity index (χ3n) is 0.889. The minimum atomic E-state index is 0.812. The Kier molecular flexibility index (Phi) is 3.44. The van der Waals surface area contributed by atoms with E-state index in [-0.39, 0.29) is 0 Å². The van der Waals surface area contributed by atoms with E-state index in [1.165, 1.54) is 6.20 Å². The summed E-state index contributed by atoms with van der Waals surface area (Å²) in [5.74, 6) is 0. The summed E-state index contributed by atoms with van der Waals surface area (Å²) in [6.45, 7) is 7.26. The Balaban J connectivity index is 4.11. The SMILES string of the molecule is C=CC(C)=N/C(C)=C\N. The zero-order valence-corrected chi connectivity index (χ0v) is 5.89. The first kappa shape index (κ1) is 7.95. The molecule has 0 spiro atoms. The second-order valence-electron chi connectivity index (χ2n) is 1.77. The van der Waals surface area contributed by atoms with Gasteiger partial charge >= 0.3 is 0 Å². The molecular weight excluding hydrogens is 112 g/mol. The first-order valence-corrected chi connectivity index (χ1v) is 2.77. The predicted molar refractivity (Wildman–Crippen MR) is 41.3 cm³/mol. The van der Waals surface area contributed by atoms with E-state index in [1.807, 2.05) is 13.8 Å². The molecule has 0 amide bonds. The molecule has 0 atom stereocenters. The van der Waals surface area contributed by atoms with Gasteiger partial charge in [0.05, 0.1) is 5.70 Å². The lowest BCUT2D eigenvalue weighted by molar-refractivity contribution is 1.26. The van der Waals surface area contributed by atoms with Crippen LogP contribution in [0.4, 0.5) is 0 Å². The Labute approximate surface area is 55.8 Å². The summed E-state index contributed by atoms with van der Waals surface area (Å²) in [5, 5.41) is 0. The van der Waals surface area contributed by atoms with Crippen LogP contribution in [0.15, 0.2) is 29.5 Å². The van der Waals surface area contributed by atoms with Crippen LogP contribution in [-0.2, 0) is 0 Å². The lowest BCUT2D eigenvalue weighted by Gasteiger charge is -1.90. The molecule has 9 heavy (non-hydrogen) atoms. The van der Waals surface area contributed by atoms with Crippen molar-refractivity contribution in [3.8, 4) is 0 Å². The van der Waals surface area contributed by atoms with Gasteiger partial charge in [-0.1, -0.05) is 6.58 Å². The summed E-state index contributed by atoms with van der Waals surface area (Å²) in [6, 6.07) is 0. The third-order valence-corrected chi connectivity index (χ3v) is 0.889. The fourth-order valence-electron chi connectivity index (χ4n) is 0.361. The average Bonchev–Trinajstić information content (AvgIpc) is 1.87. The van der Waals surface area contributed by atoms with Crippen molar-refractivity contribution in [3.63, 3.8) is 0 Å². The summed E-state index contributed by atoms with van der Waals surface area (Å²) in [7, 11) is 0. The van der Waals surface area contributed by atoms with E-state index in [0.29, 0.717) is 0 Å². The highest BCUT2D eigenvalue weighted by Gasteiger charge is 1.81. The molecule has 0 aliphatic carbocycles. The van der Waals surface area contributed by atoms with E-state index >= 15 is 0 Å². The Morgan fingerprint density at radius 3 is 2.44 bits per heavy atom. The van der Waals surface area contributed by atoms with Crippen molar-refractivity contribution in [1.82, 2.24) is 0 Å². The van der Waals surface area contributed by atoms with E-state index in [1.54, 1.807) is 6.08 Å². The molecule has 0 unspecified atom stereocenters. The lowest BCUT2D eigenvalue weighted by Crippen LogP contribution is -1.86. The van der Waals surface area contributed by atoms with Gasteiger partial charge in [-0.05, 0) is 19.9 Å². The standard InChI is InChI=1S/C7H12N2/c1-4-6(2)9-7(3)5-8/h4-5H,1,8H2,2-3H3/b7-5-,9-6?. The molecule has 0 bridgehead atoms. The molecule has 2 N–H and O–H groups in total. The highest BCUT2D eigenvalue weighted by molar-refractivity contribution is 5.92. The fraction of sp³-hybridized carbons (Fsp3) is 0.286. The summed E-state index contributed by atoms with van der Waals surface area (Å²) >= 11 is 0. The first-order valence-electron chi connectivity index (χ1n) is 2.77. The van der Waals surface area contributed by atoms with Gasteiger partial charge in [-0.2, -0.15) is 0 Å². The van der Waals surface area contributed by atoms with Crippen LogP contribution in [0.3, 0.4) is 0 Å². The van der Waals surface area contributed by atoms with Crippen LogP contribution >= 0.6 is 0 Å². The first-order chi connectivity index (χ1) is 4.20. The average molecular weight is 124 g/mol. The van der Waals surface area contributed by atoms with Crippen molar-refractivity contribution >= 4 is 5.71 Å². The molecule has 0 saturated carbocycles. The fourth-order valence-corrected chi connectivity index (χ4v) is 0.361. The molecule has 2 heteroatoms. The van der Waals surface area contributed by atoms with Gasteiger partial charge in [-0.15, -0.1) is 0 Å². The lowest BCUT2D eigenvalue weighted by atomic mass is 10.4. The van der Waals surface area contributed by atoms with Gasteiger partial charge in [0, 0.05) is 11.9 Å². The normalized spacial score (nSPS) is 13.6. The number of aliphatic imine (C=N–C) groups is 1. The van der Waals surface area contributed by atoms with Crippen molar-refractivity contribution in [2.75, 3.05) is 0 Å². The van der Waals surface area contributed by atoms with Crippen LogP contribution in [0, 0.1) is 0 Å². The number of hydrogen-bond donors (Lipinski definition) is 1. The van der Waals surface area contributed by atoms with Crippen LogP contribution in [0.5, 0.6) is 0 Å². The largest absolute Gasteiger partial charge is 0.403 e. The number of rotatable bonds is 2. The monoisotopic (exact) mass is 124 g/mol. The topological polar surface area (TPSA) is 38.4 Å². The van der Waals surface area contributed by atoms with Crippen molar-refractivity contribution in [2.45, 2.75) is 13.8 Å². The van der Waals surface area contributed by atoms with Crippen molar-refractivity contribution in [3.05, 3.63) is 24.6 Å². The Hall–Kier alpha value is -1.05. The van der Waals surface area contributed by atoms with Crippen LogP contribution in [0.25, 0.3) is 0 Å². The van der Waals surface area contributed by atoms with Crippen molar-refractivity contribution in [2.24, 2.45) is 10.7 Å². The van der Waals surface area contributed by atoms with Crippen LogP contribution in [-0.4, -0.2) is 5.71 Å². The second kappa shape index (κ2) is 3.89. The van der Waals surface area contributed by atoms with E-state index in [9.17, 15) is 0 Å². The number of nitrogens with two attached hydrogens (primary N) is 1. The molecule has 50 valence electrons. The maximum absolute atomic E-state index is 5.17. The summed E-state index contributed by atoms with van der Waals surface area (Å²) in [5.41, 5.74) is 6.87. The van der Waals surface area contributed by atoms with Gasteiger partial charge in [0.15, 0.2) is 0 Å².